The van der Waals surface area contributed by atoms with E-state index < -0.39 is 16.6 Å². The number of aromatic hydroxyl groups is 1. The number of rotatable bonds is 9. The van der Waals surface area contributed by atoms with Crippen LogP contribution in [0.5, 0.6) is 5.75 Å². The molecular formula is C32H38N4O4. The van der Waals surface area contributed by atoms with Crippen molar-refractivity contribution in [3.05, 3.63) is 93.8 Å². The average Bonchev–Trinajstić information content (AvgIpc) is 3.39. The zero-order valence-corrected chi connectivity index (χ0v) is 23.4. The molecule has 1 saturated heterocycles. The highest BCUT2D eigenvalue weighted by Crippen LogP contribution is 2.42. The summed E-state index contributed by atoms with van der Waals surface area (Å²) in [6, 6.07) is 19.1. The van der Waals surface area contributed by atoms with Crippen molar-refractivity contribution >= 4 is 16.9 Å². The lowest BCUT2D eigenvalue weighted by atomic mass is 9.72. The average molecular weight is 543 g/mol. The summed E-state index contributed by atoms with van der Waals surface area (Å²) in [5.41, 5.74) is 1.72. The molecule has 0 bridgehead atoms. The van der Waals surface area contributed by atoms with Crippen LogP contribution < -0.4 is 10.7 Å². The Morgan fingerprint density at radius 3 is 2.55 bits per heavy atom. The number of hydrogen-bond donors (Lipinski definition) is 3. The number of hydrogen-bond acceptors (Lipinski definition) is 6. The third-order valence-electron chi connectivity index (χ3n) is 8.32. The van der Waals surface area contributed by atoms with E-state index in [1.807, 2.05) is 42.5 Å². The van der Waals surface area contributed by atoms with Gasteiger partial charge in [-0.1, -0.05) is 62.7 Å². The number of benzene rings is 2. The molecule has 2 aromatic carbocycles. The fraction of sp³-hybridized carbons (Fsp3) is 0.406. The molecule has 0 aliphatic carbocycles. The molecule has 2 aromatic heterocycles. The minimum atomic E-state index is -0.805. The van der Waals surface area contributed by atoms with Crippen molar-refractivity contribution in [2.24, 2.45) is 5.92 Å². The Kier molecular flexibility index (Phi) is 8.07. The third-order valence-corrected chi connectivity index (χ3v) is 8.32. The predicted octanol–water partition coefficient (Wildman–Crippen LogP) is 5.36. The van der Waals surface area contributed by atoms with E-state index >= 15 is 0 Å². The highest BCUT2D eigenvalue weighted by Gasteiger charge is 2.43. The summed E-state index contributed by atoms with van der Waals surface area (Å²) in [7, 11) is 0. The third kappa shape index (κ3) is 5.82. The first-order valence-corrected chi connectivity index (χ1v) is 14.1. The van der Waals surface area contributed by atoms with Gasteiger partial charge in [0.1, 0.15) is 11.6 Å². The molecule has 4 aromatic rings. The molecule has 210 valence electrons. The van der Waals surface area contributed by atoms with Crippen LogP contribution in [-0.4, -0.2) is 39.0 Å². The van der Waals surface area contributed by atoms with E-state index in [4.69, 9.17) is 9.40 Å². The maximum absolute atomic E-state index is 13.8. The first kappa shape index (κ1) is 27.6. The van der Waals surface area contributed by atoms with Crippen molar-refractivity contribution in [1.29, 1.82) is 0 Å². The summed E-state index contributed by atoms with van der Waals surface area (Å²) < 4.78 is 6.02. The van der Waals surface area contributed by atoms with Crippen LogP contribution in [0.3, 0.4) is 0 Å². The van der Waals surface area contributed by atoms with Crippen LogP contribution in [0.15, 0.2) is 69.9 Å². The molecule has 0 spiro atoms. The van der Waals surface area contributed by atoms with Gasteiger partial charge < -0.3 is 19.8 Å². The van der Waals surface area contributed by atoms with Crippen molar-refractivity contribution in [3.8, 4) is 5.75 Å². The quantitative estimate of drug-likeness (QED) is 0.263. The zero-order valence-electron chi connectivity index (χ0n) is 23.4. The van der Waals surface area contributed by atoms with Gasteiger partial charge in [0.15, 0.2) is 5.76 Å². The number of aromatic nitrogens is 2. The van der Waals surface area contributed by atoms with Gasteiger partial charge in [0.25, 0.3) is 0 Å². The molecule has 40 heavy (non-hydrogen) atoms. The molecule has 3 heterocycles. The Morgan fingerprint density at radius 1 is 1.15 bits per heavy atom. The Bertz CT molecular complexity index is 1490. The molecule has 3 N–H and O–H groups in total. The van der Waals surface area contributed by atoms with Gasteiger partial charge in [-0.05, 0) is 56.5 Å². The predicted molar refractivity (Wildman–Crippen MR) is 155 cm³/mol. The Balaban J connectivity index is 1.41. The molecule has 1 aliphatic rings. The monoisotopic (exact) mass is 542 g/mol. The Morgan fingerprint density at radius 2 is 1.85 bits per heavy atom. The molecule has 2 unspecified atom stereocenters. The fourth-order valence-corrected chi connectivity index (χ4v) is 5.80. The number of para-hydroxylation sites is 2. The van der Waals surface area contributed by atoms with Crippen LogP contribution in [0.2, 0.25) is 0 Å². The number of nitrogens with one attached hydrogen (secondary N) is 2. The summed E-state index contributed by atoms with van der Waals surface area (Å²) in [6.07, 6.45) is 2.10. The van der Waals surface area contributed by atoms with Gasteiger partial charge in [0.05, 0.1) is 17.1 Å². The van der Waals surface area contributed by atoms with E-state index in [0.717, 1.165) is 29.8 Å². The lowest BCUT2D eigenvalue weighted by molar-refractivity contribution is -0.124. The number of amides is 1. The van der Waals surface area contributed by atoms with Crippen molar-refractivity contribution in [2.75, 3.05) is 13.1 Å². The topological polar surface area (TPSA) is 111 Å². The molecule has 1 amide bonds. The van der Waals surface area contributed by atoms with Crippen molar-refractivity contribution in [3.63, 3.8) is 0 Å². The number of carbonyl (C=O) groups excluding carboxylic acids is 1. The SMILES string of the molecule is CCC(C)C(NC(=O)CC1(c2oc(C)cc(=O)c2O)CCN(Cc2ccccc2)CC1)c1nc2ccccc2[nH]1. The molecule has 8 heteroatoms. The summed E-state index contributed by atoms with van der Waals surface area (Å²) in [5.74, 6) is 0.940. The summed E-state index contributed by atoms with van der Waals surface area (Å²) >= 11 is 0. The van der Waals surface area contributed by atoms with Gasteiger partial charge in [-0.2, -0.15) is 0 Å². The highest BCUT2D eigenvalue weighted by molar-refractivity contribution is 5.79. The van der Waals surface area contributed by atoms with E-state index in [9.17, 15) is 14.7 Å². The number of carbonyl (C=O) groups is 1. The molecule has 0 radical (unpaired) electrons. The van der Waals surface area contributed by atoms with Crippen LogP contribution in [0.1, 0.15) is 68.5 Å². The second-order valence-electron chi connectivity index (χ2n) is 11.2. The lowest BCUT2D eigenvalue weighted by Gasteiger charge is -2.41. The van der Waals surface area contributed by atoms with E-state index in [-0.39, 0.29) is 30.0 Å². The lowest BCUT2D eigenvalue weighted by Crippen LogP contribution is -2.46. The fourth-order valence-electron chi connectivity index (χ4n) is 5.80. The van der Waals surface area contributed by atoms with E-state index in [1.165, 1.54) is 11.6 Å². The van der Waals surface area contributed by atoms with Gasteiger partial charge in [0, 0.05) is 24.4 Å². The second-order valence-corrected chi connectivity index (χ2v) is 11.2. The smallest absolute Gasteiger partial charge is 0.227 e. The normalized spacial score (nSPS) is 17.0. The maximum Gasteiger partial charge on any atom is 0.227 e. The van der Waals surface area contributed by atoms with Gasteiger partial charge in [-0.15, -0.1) is 0 Å². The standard InChI is InChI=1S/C32H38N4O4/c1-4-21(2)28(31-33-24-12-8-9-13-25(24)34-31)35-27(38)19-32(30-29(39)26(37)18-22(3)40-30)14-16-36(17-15-32)20-23-10-6-5-7-11-23/h5-13,18,21,28,39H,4,14-17,19-20H2,1-3H3,(H,33,34)(H,35,38). The van der Waals surface area contributed by atoms with Crippen LogP contribution in [0, 0.1) is 12.8 Å². The van der Waals surface area contributed by atoms with Gasteiger partial charge in [-0.25, -0.2) is 4.98 Å². The van der Waals surface area contributed by atoms with Crippen LogP contribution >= 0.6 is 0 Å². The molecule has 2 atom stereocenters. The zero-order chi connectivity index (χ0) is 28.3. The molecule has 8 nitrogen and oxygen atoms in total. The van der Waals surface area contributed by atoms with Crippen LogP contribution in [-0.2, 0) is 16.8 Å². The van der Waals surface area contributed by atoms with Gasteiger partial charge >= 0.3 is 0 Å². The van der Waals surface area contributed by atoms with E-state index in [0.29, 0.717) is 31.7 Å². The number of aromatic amines is 1. The number of nitrogens with zero attached hydrogens (tertiary/aromatic N) is 2. The van der Waals surface area contributed by atoms with Crippen LogP contribution in [0.4, 0.5) is 0 Å². The highest BCUT2D eigenvalue weighted by atomic mass is 16.4. The minimum Gasteiger partial charge on any atom is -0.502 e. The number of likely N-dealkylation sites (tertiary alicyclic amines) is 1. The van der Waals surface area contributed by atoms with Crippen molar-refractivity contribution < 1.29 is 14.3 Å². The first-order valence-electron chi connectivity index (χ1n) is 14.1. The largest absolute Gasteiger partial charge is 0.502 e. The summed E-state index contributed by atoms with van der Waals surface area (Å²) in [4.78, 5) is 36.9. The number of H-pyrrole nitrogens is 1. The van der Waals surface area contributed by atoms with E-state index in [2.05, 4.69) is 41.2 Å². The molecular weight excluding hydrogens is 504 g/mol. The molecule has 1 fully saturated rings. The van der Waals surface area contributed by atoms with Crippen LogP contribution in [0.25, 0.3) is 11.0 Å². The first-order chi connectivity index (χ1) is 19.3. The number of fused-ring (bicyclic) bond motifs is 1. The second kappa shape index (κ2) is 11.7. The summed E-state index contributed by atoms with van der Waals surface area (Å²) in [6.45, 7) is 8.10. The molecule has 5 rings (SSSR count). The molecule has 1 aliphatic heterocycles. The Hall–Kier alpha value is -3.91. The van der Waals surface area contributed by atoms with Crippen molar-refractivity contribution in [2.45, 2.75) is 64.5 Å². The van der Waals surface area contributed by atoms with Gasteiger partial charge in [0.2, 0.25) is 17.1 Å². The van der Waals surface area contributed by atoms with E-state index in [1.54, 1.807) is 6.92 Å². The number of imidazole rings is 1. The maximum atomic E-state index is 13.8. The van der Waals surface area contributed by atoms with Crippen molar-refractivity contribution in [1.82, 2.24) is 20.2 Å². The minimum absolute atomic E-state index is 0.0965. The Labute approximate surface area is 234 Å². The van der Waals surface area contributed by atoms with Gasteiger partial charge in [-0.3, -0.25) is 14.5 Å². The number of aryl methyl sites for hydroxylation is 1. The molecule has 0 saturated carbocycles. The number of piperidine rings is 1. The summed E-state index contributed by atoms with van der Waals surface area (Å²) in [5, 5.41) is 14.1.